The van der Waals surface area contributed by atoms with Crippen LogP contribution in [0.25, 0.3) is 0 Å². The zero-order chi connectivity index (χ0) is 30.9. The van der Waals surface area contributed by atoms with E-state index < -0.39 is 28.5 Å². The van der Waals surface area contributed by atoms with E-state index in [1.54, 1.807) is 55.5 Å². The van der Waals surface area contributed by atoms with E-state index in [9.17, 15) is 18.0 Å². The van der Waals surface area contributed by atoms with Crippen molar-refractivity contribution in [3.8, 4) is 5.75 Å². The minimum atomic E-state index is -4.15. The van der Waals surface area contributed by atoms with Crippen LogP contribution < -0.4 is 14.4 Å². The van der Waals surface area contributed by atoms with Crippen LogP contribution in [-0.2, 0) is 26.2 Å². The molecule has 1 N–H and O–H groups in total. The molecule has 0 radical (unpaired) electrons. The van der Waals surface area contributed by atoms with Crippen molar-refractivity contribution in [2.75, 3.05) is 23.7 Å². The number of benzene rings is 3. The first-order chi connectivity index (χ1) is 20.0. The molecule has 2 amide bonds. The van der Waals surface area contributed by atoms with Gasteiger partial charge in [-0.15, -0.1) is 11.8 Å². The molecule has 8 nitrogen and oxygen atoms in total. The van der Waals surface area contributed by atoms with Crippen LogP contribution in [0.3, 0.4) is 0 Å². The summed E-state index contributed by atoms with van der Waals surface area (Å²) in [5.41, 5.74) is 2.17. The fourth-order valence-corrected chi connectivity index (χ4v) is 6.16. The monoisotopic (exact) mass is 611 g/mol. The number of anilines is 1. The number of ether oxygens (including phenoxy) is 1. The van der Waals surface area contributed by atoms with Crippen LogP contribution in [0.5, 0.6) is 5.75 Å². The SMILES string of the molecule is CCOc1ccc(N(CC(=O)N(Cc2cccc(C)c2)[C@H](C)C(=O)N[C@H](C)CC)S(=O)(=O)c2ccc(SC)cc2)cc1. The molecule has 0 saturated heterocycles. The molecule has 2 atom stereocenters. The highest BCUT2D eigenvalue weighted by Gasteiger charge is 2.33. The zero-order valence-corrected chi connectivity index (χ0v) is 26.8. The molecule has 0 unspecified atom stereocenters. The van der Waals surface area contributed by atoms with Gasteiger partial charge in [-0.25, -0.2) is 8.42 Å². The number of thioether (sulfide) groups is 1. The van der Waals surface area contributed by atoms with Crippen LogP contribution >= 0.6 is 11.8 Å². The lowest BCUT2D eigenvalue weighted by Gasteiger charge is -2.32. The maximum absolute atomic E-state index is 14.1. The molecule has 0 spiro atoms. The molecule has 3 aromatic rings. The molecule has 226 valence electrons. The molecule has 0 aliphatic carbocycles. The van der Waals surface area contributed by atoms with Gasteiger partial charge < -0.3 is 15.0 Å². The molecular weight excluding hydrogens is 571 g/mol. The van der Waals surface area contributed by atoms with E-state index in [2.05, 4.69) is 5.32 Å². The molecule has 0 aromatic heterocycles. The van der Waals surface area contributed by atoms with Crippen molar-refractivity contribution >= 4 is 39.3 Å². The largest absolute Gasteiger partial charge is 0.494 e. The number of rotatable bonds is 14. The number of sulfonamides is 1. The third-order valence-electron chi connectivity index (χ3n) is 6.97. The van der Waals surface area contributed by atoms with Gasteiger partial charge in [0.25, 0.3) is 10.0 Å². The van der Waals surface area contributed by atoms with Gasteiger partial charge >= 0.3 is 0 Å². The third-order valence-corrected chi connectivity index (χ3v) is 9.50. The molecule has 42 heavy (non-hydrogen) atoms. The molecule has 0 fully saturated rings. The van der Waals surface area contributed by atoms with Crippen molar-refractivity contribution in [3.05, 3.63) is 83.9 Å². The normalized spacial score (nSPS) is 12.7. The molecule has 0 bridgehead atoms. The molecule has 3 rings (SSSR count). The minimum Gasteiger partial charge on any atom is -0.494 e. The predicted molar refractivity (Wildman–Crippen MR) is 169 cm³/mol. The number of carbonyl (C=O) groups is 2. The van der Waals surface area contributed by atoms with E-state index in [4.69, 9.17) is 4.74 Å². The van der Waals surface area contributed by atoms with Crippen LogP contribution in [0, 0.1) is 6.92 Å². The van der Waals surface area contributed by atoms with Gasteiger partial charge in [-0.2, -0.15) is 0 Å². The summed E-state index contributed by atoms with van der Waals surface area (Å²) in [6.45, 7) is 9.48. The summed E-state index contributed by atoms with van der Waals surface area (Å²) in [4.78, 5) is 29.7. The molecule has 3 aromatic carbocycles. The second-order valence-electron chi connectivity index (χ2n) is 10.1. The fraction of sp³-hybridized carbons (Fsp3) is 0.375. The molecule has 10 heteroatoms. The predicted octanol–water partition coefficient (Wildman–Crippen LogP) is 5.64. The number of nitrogens with zero attached hydrogens (tertiary/aromatic N) is 2. The Labute approximate surface area is 254 Å². The van der Waals surface area contributed by atoms with Crippen LogP contribution in [0.1, 0.15) is 45.2 Å². The second-order valence-corrected chi connectivity index (χ2v) is 12.9. The van der Waals surface area contributed by atoms with E-state index in [0.717, 1.165) is 26.7 Å². The summed E-state index contributed by atoms with van der Waals surface area (Å²) in [6.07, 6.45) is 2.65. The molecule has 0 saturated carbocycles. The number of carbonyl (C=O) groups excluding carboxylic acids is 2. The maximum Gasteiger partial charge on any atom is 0.264 e. The van der Waals surface area contributed by atoms with Gasteiger partial charge in [0.15, 0.2) is 0 Å². The maximum atomic E-state index is 14.1. The van der Waals surface area contributed by atoms with Gasteiger partial charge in [0.1, 0.15) is 18.3 Å². The van der Waals surface area contributed by atoms with Gasteiger partial charge in [0.2, 0.25) is 11.8 Å². The Morgan fingerprint density at radius 1 is 0.976 bits per heavy atom. The minimum absolute atomic E-state index is 0.0646. The summed E-state index contributed by atoms with van der Waals surface area (Å²) >= 11 is 1.51. The number of hydrogen-bond donors (Lipinski definition) is 1. The third kappa shape index (κ3) is 8.51. The average molecular weight is 612 g/mol. The first-order valence-electron chi connectivity index (χ1n) is 14.0. The number of aryl methyl sites for hydroxylation is 1. The summed E-state index contributed by atoms with van der Waals surface area (Å²) < 4.78 is 34.7. The lowest BCUT2D eigenvalue weighted by molar-refractivity contribution is -0.139. The Hall–Kier alpha value is -3.50. The summed E-state index contributed by atoms with van der Waals surface area (Å²) in [7, 11) is -4.15. The zero-order valence-electron chi connectivity index (χ0n) is 25.2. The van der Waals surface area contributed by atoms with Crippen LogP contribution in [0.15, 0.2) is 82.6 Å². The second kappa shape index (κ2) is 15.1. The Morgan fingerprint density at radius 2 is 1.64 bits per heavy atom. The van der Waals surface area contributed by atoms with E-state index >= 15 is 0 Å². The average Bonchev–Trinajstić information content (AvgIpc) is 2.98. The lowest BCUT2D eigenvalue weighted by atomic mass is 10.1. The van der Waals surface area contributed by atoms with Crippen molar-refractivity contribution in [2.24, 2.45) is 0 Å². The smallest absolute Gasteiger partial charge is 0.264 e. The van der Waals surface area contributed by atoms with Crippen molar-refractivity contribution in [1.82, 2.24) is 10.2 Å². The summed E-state index contributed by atoms with van der Waals surface area (Å²) in [5.74, 6) is -0.208. The van der Waals surface area contributed by atoms with Gasteiger partial charge in [-0.1, -0.05) is 36.8 Å². The van der Waals surface area contributed by atoms with E-state index in [-0.39, 0.29) is 23.4 Å². The summed E-state index contributed by atoms with van der Waals surface area (Å²) in [5, 5.41) is 2.95. The van der Waals surface area contributed by atoms with Crippen LogP contribution in [-0.4, -0.2) is 56.6 Å². The summed E-state index contributed by atoms with van der Waals surface area (Å²) in [6, 6.07) is 19.9. The quantitative estimate of drug-likeness (QED) is 0.237. The van der Waals surface area contributed by atoms with Gasteiger partial charge in [0, 0.05) is 17.5 Å². The van der Waals surface area contributed by atoms with Crippen molar-refractivity contribution in [3.63, 3.8) is 0 Å². The van der Waals surface area contributed by atoms with Crippen molar-refractivity contribution in [2.45, 2.75) is 69.5 Å². The first-order valence-corrected chi connectivity index (χ1v) is 16.7. The number of nitrogens with one attached hydrogen (secondary N) is 1. The van der Waals surface area contributed by atoms with Gasteiger partial charge in [0.05, 0.1) is 17.2 Å². The van der Waals surface area contributed by atoms with Gasteiger partial charge in [-0.3, -0.25) is 13.9 Å². The lowest BCUT2D eigenvalue weighted by Crippen LogP contribution is -2.52. The van der Waals surface area contributed by atoms with E-state index in [0.29, 0.717) is 18.0 Å². The van der Waals surface area contributed by atoms with Crippen molar-refractivity contribution in [1.29, 1.82) is 0 Å². The molecule has 0 aliphatic heterocycles. The highest BCUT2D eigenvalue weighted by atomic mass is 32.2. The Balaban J connectivity index is 2.03. The molecule has 0 aliphatic rings. The Kier molecular flexibility index (Phi) is 11.9. The van der Waals surface area contributed by atoms with Crippen molar-refractivity contribution < 1.29 is 22.7 Å². The van der Waals surface area contributed by atoms with Crippen LogP contribution in [0.2, 0.25) is 0 Å². The fourth-order valence-electron chi connectivity index (χ4n) is 4.33. The Bertz CT molecular complexity index is 1440. The van der Waals surface area contributed by atoms with E-state index in [1.807, 2.05) is 58.2 Å². The standard InChI is InChI=1S/C32H41N3O5S2/c1-7-24(4)33-32(37)25(5)34(21-26-11-9-10-23(3)20-26)31(36)22-35(27-12-14-28(15-13-27)40-8-2)42(38,39)30-18-16-29(41-6)17-19-30/h9-20,24-25H,7-8,21-22H2,1-6H3,(H,33,37)/t24-,25-/m1/s1. The van der Waals surface area contributed by atoms with E-state index in [1.165, 1.54) is 16.7 Å². The highest BCUT2D eigenvalue weighted by molar-refractivity contribution is 7.98. The van der Waals surface area contributed by atoms with Gasteiger partial charge in [-0.05, 0) is 94.5 Å². The number of amides is 2. The topological polar surface area (TPSA) is 96.0 Å². The number of hydrogen-bond acceptors (Lipinski definition) is 6. The van der Waals surface area contributed by atoms with Crippen LogP contribution in [0.4, 0.5) is 5.69 Å². The molecular formula is C32H41N3O5S2. The highest BCUT2D eigenvalue weighted by Crippen LogP contribution is 2.28. The molecule has 0 heterocycles. The Morgan fingerprint density at radius 3 is 2.21 bits per heavy atom. The first kappa shape index (κ1) is 33.0.